The highest BCUT2D eigenvalue weighted by Crippen LogP contribution is 2.26. The molecule has 1 aromatic carbocycles. The van der Waals surface area contributed by atoms with Gasteiger partial charge in [-0.2, -0.15) is 0 Å². The Labute approximate surface area is 114 Å². The molecule has 1 aromatic rings. The maximum Gasteiger partial charge on any atom is 0.287 e. The van der Waals surface area contributed by atoms with E-state index in [1.54, 1.807) is 6.92 Å². The summed E-state index contributed by atoms with van der Waals surface area (Å²) in [6, 6.07) is 2.92. The summed E-state index contributed by atoms with van der Waals surface area (Å²) in [5.41, 5.74) is -0.402. The van der Waals surface area contributed by atoms with Crippen molar-refractivity contribution in [3.8, 4) is 0 Å². The second kappa shape index (κ2) is 5.98. The topological polar surface area (TPSA) is 106 Å². The highest BCUT2D eigenvalue weighted by molar-refractivity contribution is 7.90. The molecule has 1 rings (SSSR count). The van der Waals surface area contributed by atoms with Crippen molar-refractivity contribution in [3.63, 3.8) is 0 Å². The van der Waals surface area contributed by atoms with Crippen molar-refractivity contribution in [3.05, 3.63) is 33.3 Å². The van der Waals surface area contributed by atoms with Gasteiger partial charge in [0.05, 0.1) is 9.82 Å². The van der Waals surface area contributed by atoms with Crippen molar-refractivity contribution >= 4 is 33.2 Å². The van der Waals surface area contributed by atoms with Crippen molar-refractivity contribution in [2.75, 3.05) is 0 Å². The van der Waals surface area contributed by atoms with E-state index in [2.05, 4.69) is 0 Å². The molecular weight excluding hydrogens is 296 g/mol. The van der Waals surface area contributed by atoms with Gasteiger partial charge in [-0.3, -0.25) is 14.9 Å². The van der Waals surface area contributed by atoms with Gasteiger partial charge in [-0.15, -0.1) is 0 Å². The minimum atomic E-state index is -4.05. The van der Waals surface area contributed by atoms with Gasteiger partial charge in [0, 0.05) is 12.5 Å². The molecule has 0 bridgehead atoms. The van der Waals surface area contributed by atoms with Gasteiger partial charge in [0.1, 0.15) is 5.02 Å². The van der Waals surface area contributed by atoms with Crippen LogP contribution in [0.2, 0.25) is 5.02 Å². The number of rotatable bonds is 5. The predicted octanol–water partition coefficient (Wildman–Crippen LogP) is 1.85. The number of hydrogen-bond donors (Lipinski definition) is 1. The molecule has 0 spiro atoms. The molecule has 0 saturated carbocycles. The van der Waals surface area contributed by atoms with Crippen molar-refractivity contribution in [1.29, 1.82) is 0 Å². The van der Waals surface area contributed by atoms with E-state index in [0.717, 1.165) is 18.2 Å². The highest BCUT2D eigenvalue weighted by Gasteiger charge is 2.21. The molecule has 0 unspecified atom stereocenters. The van der Waals surface area contributed by atoms with Crippen LogP contribution in [0.4, 0.5) is 5.69 Å². The third kappa shape index (κ3) is 3.90. The van der Waals surface area contributed by atoms with Crippen LogP contribution in [0.3, 0.4) is 0 Å². The van der Waals surface area contributed by atoms with Gasteiger partial charge >= 0.3 is 0 Å². The van der Waals surface area contributed by atoms with Crippen LogP contribution in [-0.4, -0.2) is 19.2 Å². The number of nitro benzene ring substituents is 1. The molecular formula is C10H11ClN2O5S. The average molecular weight is 307 g/mol. The summed E-state index contributed by atoms with van der Waals surface area (Å²) in [5.74, 6) is -0.642. The number of halogens is 1. The Morgan fingerprint density at radius 2 is 2.11 bits per heavy atom. The molecule has 0 atom stereocenters. The Hall–Kier alpha value is -1.67. The molecule has 7 nitrogen and oxygen atoms in total. The minimum Gasteiger partial charge on any atom is -0.274 e. The monoisotopic (exact) mass is 306 g/mol. The molecule has 0 aliphatic rings. The van der Waals surface area contributed by atoms with Crippen LogP contribution < -0.4 is 4.72 Å². The molecule has 0 aliphatic heterocycles. The number of carbonyl (C=O) groups is 1. The van der Waals surface area contributed by atoms with E-state index >= 15 is 0 Å². The van der Waals surface area contributed by atoms with Gasteiger partial charge in [-0.25, -0.2) is 13.1 Å². The van der Waals surface area contributed by atoms with E-state index in [9.17, 15) is 23.3 Å². The maximum atomic E-state index is 11.8. The molecule has 0 radical (unpaired) electrons. The van der Waals surface area contributed by atoms with Crippen molar-refractivity contribution in [1.82, 2.24) is 4.72 Å². The lowest BCUT2D eigenvalue weighted by molar-refractivity contribution is -0.384. The minimum absolute atomic E-state index is 0.0694. The van der Waals surface area contributed by atoms with E-state index in [4.69, 9.17) is 11.6 Å². The quantitative estimate of drug-likeness (QED) is 0.660. The fourth-order valence-corrected chi connectivity index (χ4v) is 2.64. The van der Waals surface area contributed by atoms with Crippen molar-refractivity contribution < 1.29 is 18.1 Å². The average Bonchev–Trinajstić information content (AvgIpc) is 2.27. The first-order chi connectivity index (χ1) is 8.77. The van der Waals surface area contributed by atoms with Gasteiger partial charge in [0.15, 0.2) is 0 Å². The van der Waals surface area contributed by atoms with Gasteiger partial charge in [0.25, 0.3) is 15.7 Å². The van der Waals surface area contributed by atoms with Crippen LogP contribution >= 0.6 is 11.6 Å². The zero-order valence-electron chi connectivity index (χ0n) is 9.92. The Balaban J connectivity index is 3.06. The zero-order chi connectivity index (χ0) is 14.6. The fourth-order valence-electron chi connectivity index (χ4n) is 1.29. The first-order valence-electron chi connectivity index (χ1n) is 5.27. The molecule has 0 aliphatic carbocycles. The molecule has 19 heavy (non-hydrogen) atoms. The number of nitro groups is 1. The lowest BCUT2D eigenvalue weighted by Crippen LogP contribution is -2.30. The molecule has 9 heteroatoms. The standard InChI is InChI=1S/C10H11ClN2O5S/c1-2-3-10(14)12-19(17,18)7-4-5-9(13(15)16)8(11)6-7/h4-6H,2-3H2,1H3,(H,12,14). The summed E-state index contributed by atoms with van der Waals surface area (Å²) in [5, 5.41) is 10.2. The predicted molar refractivity (Wildman–Crippen MR) is 68.3 cm³/mol. The van der Waals surface area contributed by atoms with Crippen LogP contribution in [0.1, 0.15) is 19.8 Å². The van der Waals surface area contributed by atoms with Crippen molar-refractivity contribution in [2.45, 2.75) is 24.7 Å². The lowest BCUT2D eigenvalue weighted by Gasteiger charge is -2.06. The number of sulfonamides is 1. The highest BCUT2D eigenvalue weighted by atomic mass is 35.5. The number of amides is 1. The van der Waals surface area contributed by atoms with Crippen molar-refractivity contribution in [2.24, 2.45) is 0 Å². The smallest absolute Gasteiger partial charge is 0.274 e. The summed E-state index contributed by atoms with van der Waals surface area (Å²) < 4.78 is 25.4. The van der Waals surface area contributed by atoms with Crippen LogP contribution in [0.15, 0.2) is 23.1 Å². The van der Waals surface area contributed by atoms with E-state index in [0.29, 0.717) is 6.42 Å². The molecule has 104 valence electrons. The lowest BCUT2D eigenvalue weighted by atomic mass is 10.3. The SMILES string of the molecule is CCCC(=O)NS(=O)(=O)c1ccc([N+](=O)[O-])c(Cl)c1. The molecule has 0 heterocycles. The number of nitrogens with one attached hydrogen (secondary N) is 1. The van der Waals surface area contributed by atoms with Crippen LogP contribution in [0.5, 0.6) is 0 Å². The van der Waals surface area contributed by atoms with E-state index < -0.39 is 26.5 Å². The Morgan fingerprint density at radius 3 is 2.58 bits per heavy atom. The summed E-state index contributed by atoms with van der Waals surface area (Å²) >= 11 is 5.61. The molecule has 0 aromatic heterocycles. The zero-order valence-corrected chi connectivity index (χ0v) is 11.5. The van der Waals surface area contributed by atoms with Gasteiger partial charge in [0.2, 0.25) is 5.91 Å². The summed E-state index contributed by atoms with van der Waals surface area (Å²) in [7, 11) is -4.05. The normalized spacial score (nSPS) is 11.1. The molecule has 1 N–H and O–H groups in total. The number of hydrogen-bond acceptors (Lipinski definition) is 5. The Morgan fingerprint density at radius 1 is 1.47 bits per heavy atom. The van der Waals surface area contributed by atoms with Crippen LogP contribution in [0, 0.1) is 10.1 Å². The Kier molecular flexibility index (Phi) is 4.84. The maximum absolute atomic E-state index is 11.8. The second-order valence-electron chi connectivity index (χ2n) is 3.65. The molecule has 1 amide bonds. The third-order valence-electron chi connectivity index (χ3n) is 2.15. The molecule has 0 fully saturated rings. The van der Waals surface area contributed by atoms with Crippen LogP contribution in [0.25, 0.3) is 0 Å². The van der Waals surface area contributed by atoms with Gasteiger partial charge in [-0.1, -0.05) is 18.5 Å². The summed E-state index contributed by atoms with van der Waals surface area (Å²) in [6.45, 7) is 1.73. The van der Waals surface area contributed by atoms with Crippen LogP contribution in [-0.2, 0) is 14.8 Å². The first-order valence-corrected chi connectivity index (χ1v) is 7.13. The number of benzene rings is 1. The Bertz CT molecular complexity index is 614. The molecule has 0 saturated heterocycles. The first kappa shape index (κ1) is 15.4. The number of nitrogens with zero attached hydrogens (tertiary/aromatic N) is 1. The summed E-state index contributed by atoms with van der Waals surface area (Å²) in [4.78, 5) is 20.8. The summed E-state index contributed by atoms with van der Waals surface area (Å²) in [6.07, 6.45) is 0.572. The fraction of sp³-hybridized carbons (Fsp3) is 0.300. The second-order valence-corrected chi connectivity index (χ2v) is 5.74. The third-order valence-corrected chi connectivity index (χ3v) is 3.83. The van der Waals surface area contributed by atoms with Gasteiger partial charge < -0.3 is 0 Å². The number of carbonyl (C=O) groups excluding carboxylic acids is 1. The van der Waals surface area contributed by atoms with E-state index in [-0.39, 0.29) is 16.3 Å². The van der Waals surface area contributed by atoms with E-state index in [1.807, 2.05) is 4.72 Å². The van der Waals surface area contributed by atoms with Gasteiger partial charge in [-0.05, 0) is 18.6 Å². The largest absolute Gasteiger partial charge is 0.287 e. The van der Waals surface area contributed by atoms with E-state index in [1.165, 1.54) is 0 Å².